The van der Waals surface area contributed by atoms with Crippen molar-refractivity contribution < 1.29 is 28.7 Å². The van der Waals surface area contributed by atoms with E-state index in [4.69, 9.17) is 0 Å². The fraction of sp³-hybridized carbons (Fsp3) is 0.222. The number of nitrogens with one attached hydrogen (secondary N) is 6. The molecule has 0 spiro atoms. The second-order valence-electron chi connectivity index (χ2n) is 6.46. The summed E-state index contributed by atoms with van der Waals surface area (Å²) in [6.07, 6.45) is 0. The van der Waals surface area contributed by atoms with Crippen LogP contribution in [-0.2, 0) is 41.7 Å². The van der Waals surface area contributed by atoms with Gasteiger partial charge in [-0.3, -0.25) is 31.3 Å². The van der Waals surface area contributed by atoms with Crippen LogP contribution in [0.25, 0.3) is 0 Å². The number of esters is 2. The third-order valence-corrected chi connectivity index (χ3v) is 4.18. The van der Waals surface area contributed by atoms with Gasteiger partial charge in [0.25, 0.3) is 23.5 Å². The van der Waals surface area contributed by atoms with Gasteiger partial charge in [-0.1, -0.05) is 24.3 Å². The van der Waals surface area contributed by atoms with Crippen LogP contribution in [-0.4, -0.2) is 61.3 Å². The van der Waals surface area contributed by atoms with Crippen LogP contribution < -0.4 is 32.3 Å². The average Bonchev–Trinajstić information content (AvgIpc) is 2.89. The van der Waals surface area contributed by atoms with Crippen molar-refractivity contribution in [1.29, 1.82) is 0 Å². The van der Waals surface area contributed by atoms with Crippen LogP contribution in [0.2, 0.25) is 0 Å². The molecule has 16 nitrogen and oxygen atoms in total. The summed E-state index contributed by atoms with van der Waals surface area (Å²) < 4.78 is 8.97. The van der Waals surface area contributed by atoms with Crippen LogP contribution in [0.1, 0.15) is 11.1 Å². The number of benzene rings is 1. The first-order valence-electron chi connectivity index (χ1n) is 9.57. The predicted octanol–water partition coefficient (Wildman–Crippen LogP) is -3.10. The first-order chi connectivity index (χ1) is 16.4. The first kappa shape index (κ1) is 23.6. The molecule has 178 valence electrons. The number of hydrogen-bond donors (Lipinski definition) is 6. The zero-order chi connectivity index (χ0) is 24.5. The second kappa shape index (κ2) is 11.0. The largest absolute Gasteiger partial charge is 0.463 e. The number of amidine groups is 4. The van der Waals surface area contributed by atoms with E-state index in [2.05, 4.69) is 62.2 Å². The summed E-state index contributed by atoms with van der Waals surface area (Å²) in [6.45, 7) is 0.330. The zero-order valence-corrected chi connectivity index (χ0v) is 18.0. The molecule has 0 saturated carbocycles. The maximum atomic E-state index is 12.2. The number of amides is 2. The van der Waals surface area contributed by atoms with E-state index in [1.807, 2.05) is 0 Å². The van der Waals surface area contributed by atoms with E-state index in [0.717, 1.165) is 11.1 Å². The van der Waals surface area contributed by atoms with Crippen LogP contribution in [0, 0.1) is 0 Å². The molecule has 0 fully saturated rings. The van der Waals surface area contributed by atoms with Crippen molar-refractivity contribution in [3.8, 4) is 0 Å². The molecule has 0 atom stereocenters. The lowest BCUT2D eigenvalue weighted by atomic mass is 10.1. The minimum atomic E-state index is -0.735. The van der Waals surface area contributed by atoms with E-state index >= 15 is 0 Å². The molecule has 2 amide bonds. The molecule has 2 heterocycles. The lowest BCUT2D eigenvalue weighted by molar-refractivity contribution is -0.133. The van der Waals surface area contributed by atoms with Crippen LogP contribution in [0.5, 0.6) is 0 Å². The summed E-state index contributed by atoms with van der Waals surface area (Å²) >= 11 is 0. The molecular formula is C18H20N10O6. The minimum Gasteiger partial charge on any atom is -0.463 e. The summed E-state index contributed by atoms with van der Waals surface area (Å²) in [4.78, 5) is 47.1. The molecule has 2 aliphatic rings. The van der Waals surface area contributed by atoms with Crippen LogP contribution >= 0.6 is 0 Å². The van der Waals surface area contributed by atoms with Gasteiger partial charge in [0.2, 0.25) is 11.7 Å². The Morgan fingerprint density at radius 2 is 1.09 bits per heavy atom. The Morgan fingerprint density at radius 3 is 1.44 bits per heavy atom. The lowest BCUT2D eigenvalue weighted by Gasteiger charge is -2.14. The number of carbonyl (C=O) groups is 4. The smallest absolute Gasteiger partial charge is 0.377 e. The Hall–Kier alpha value is -5.02. The van der Waals surface area contributed by atoms with Crippen molar-refractivity contribution in [3.05, 3.63) is 35.4 Å². The lowest BCUT2D eigenvalue weighted by Crippen LogP contribution is -2.45. The molecule has 0 radical (unpaired) electrons. The highest BCUT2D eigenvalue weighted by Gasteiger charge is 2.21. The quantitative estimate of drug-likeness (QED) is 0.210. The Bertz CT molecular complexity index is 1040. The third kappa shape index (κ3) is 6.02. The molecule has 1 aromatic carbocycles. The van der Waals surface area contributed by atoms with Crippen molar-refractivity contribution >= 4 is 47.1 Å². The number of rotatable bonds is 8. The molecule has 34 heavy (non-hydrogen) atoms. The van der Waals surface area contributed by atoms with Crippen molar-refractivity contribution in [2.45, 2.75) is 13.1 Å². The SMILES string of the molecule is COC(=O)C1=NNC(C(=O)NCc2cccc(CNC(=O)C3=NNC(C(=O)OC)=NN3)c2)=NN1. The fourth-order valence-corrected chi connectivity index (χ4v) is 2.50. The normalized spacial score (nSPS) is 14.2. The average molecular weight is 472 g/mol. The Kier molecular flexibility index (Phi) is 7.67. The van der Waals surface area contributed by atoms with E-state index in [-0.39, 0.29) is 36.4 Å². The number of carbonyl (C=O) groups excluding carboxylic acids is 4. The van der Waals surface area contributed by atoms with Gasteiger partial charge in [-0.05, 0) is 11.1 Å². The Balaban J connectivity index is 1.46. The molecule has 6 N–H and O–H groups in total. The second-order valence-corrected chi connectivity index (χ2v) is 6.46. The standard InChI is InChI=1S/C18H20N10O6/c1-33-17(31)13-25-21-11(22-26-13)15(29)19-7-9-4-3-5-10(6-9)8-20-16(30)12-23-27-14(28-24-12)18(32)34-2/h3-6H,7-8H2,1-2H3,(H,19,29)(H,20,30)(H,21,22)(H,23,24)(H,25,26)(H,27,28). The zero-order valence-electron chi connectivity index (χ0n) is 18.0. The highest BCUT2D eigenvalue weighted by molar-refractivity contribution is 6.42. The molecule has 0 aliphatic carbocycles. The van der Waals surface area contributed by atoms with E-state index < -0.39 is 23.8 Å². The van der Waals surface area contributed by atoms with Gasteiger partial charge in [-0.2, -0.15) is 0 Å². The van der Waals surface area contributed by atoms with Gasteiger partial charge in [0, 0.05) is 13.1 Å². The van der Waals surface area contributed by atoms with Crippen molar-refractivity contribution in [2.75, 3.05) is 14.2 Å². The molecular weight excluding hydrogens is 452 g/mol. The molecule has 1 aromatic rings. The van der Waals surface area contributed by atoms with Gasteiger partial charge in [-0.15, -0.1) is 20.4 Å². The highest BCUT2D eigenvalue weighted by Crippen LogP contribution is 2.05. The minimum absolute atomic E-state index is 0.136. The molecule has 0 saturated heterocycles. The Morgan fingerprint density at radius 1 is 0.706 bits per heavy atom. The van der Waals surface area contributed by atoms with Gasteiger partial charge in [-0.25, -0.2) is 9.59 Å². The fourth-order valence-electron chi connectivity index (χ4n) is 2.50. The molecule has 0 unspecified atom stereocenters. The van der Waals surface area contributed by atoms with Gasteiger partial charge < -0.3 is 20.1 Å². The van der Waals surface area contributed by atoms with E-state index in [1.165, 1.54) is 14.2 Å². The number of hydrazone groups is 4. The number of nitrogens with zero attached hydrogens (tertiary/aromatic N) is 4. The first-order valence-corrected chi connectivity index (χ1v) is 9.57. The maximum Gasteiger partial charge on any atom is 0.377 e. The monoisotopic (exact) mass is 472 g/mol. The number of methoxy groups -OCH3 is 2. The molecule has 2 aliphatic heterocycles. The third-order valence-electron chi connectivity index (χ3n) is 4.18. The topological polar surface area (TPSA) is 208 Å². The summed E-state index contributed by atoms with van der Waals surface area (Å²) in [7, 11) is 2.37. The van der Waals surface area contributed by atoms with Crippen LogP contribution in [0.3, 0.4) is 0 Å². The molecule has 3 rings (SSSR count). The number of hydrogen-bond acceptors (Lipinski definition) is 14. The van der Waals surface area contributed by atoms with Gasteiger partial charge in [0.1, 0.15) is 0 Å². The van der Waals surface area contributed by atoms with Crippen molar-refractivity contribution in [3.63, 3.8) is 0 Å². The van der Waals surface area contributed by atoms with Crippen molar-refractivity contribution in [1.82, 2.24) is 32.3 Å². The summed E-state index contributed by atoms with van der Waals surface area (Å²) in [5.41, 5.74) is 10.9. The number of ether oxygens (including phenoxy) is 2. The summed E-state index contributed by atoms with van der Waals surface area (Å²) in [6, 6.07) is 7.11. The van der Waals surface area contributed by atoms with E-state index in [0.29, 0.717) is 0 Å². The molecule has 0 aromatic heterocycles. The summed E-state index contributed by atoms with van der Waals surface area (Å²) in [5.74, 6) is -3.22. The van der Waals surface area contributed by atoms with Gasteiger partial charge in [0.05, 0.1) is 14.2 Å². The van der Waals surface area contributed by atoms with E-state index in [9.17, 15) is 19.2 Å². The van der Waals surface area contributed by atoms with Crippen molar-refractivity contribution in [2.24, 2.45) is 20.4 Å². The molecule has 16 heteroatoms. The van der Waals surface area contributed by atoms with Gasteiger partial charge in [0.15, 0.2) is 0 Å². The van der Waals surface area contributed by atoms with Gasteiger partial charge >= 0.3 is 11.9 Å². The van der Waals surface area contributed by atoms with E-state index in [1.54, 1.807) is 24.3 Å². The maximum absolute atomic E-state index is 12.2. The summed E-state index contributed by atoms with van der Waals surface area (Å²) in [5, 5.41) is 20.1. The van der Waals surface area contributed by atoms with Crippen LogP contribution in [0.15, 0.2) is 44.7 Å². The predicted molar refractivity (Wildman–Crippen MR) is 116 cm³/mol. The highest BCUT2D eigenvalue weighted by atomic mass is 16.5. The van der Waals surface area contributed by atoms with Crippen LogP contribution in [0.4, 0.5) is 0 Å². The molecule has 0 bridgehead atoms. The Labute approximate surface area is 191 Å².